The lowest BCUT2D eigenvalue weighted by atomic mass is 10.1. The van der Waals surface area contributed by atoms with Gasteiger partial charge in [0.05, 0.1) is 22.3 Å². The number of ether oxygens (including phenoxy) is 1. The molecule has 0 amide bonds. The quantitative estimate of drug-likeness (QED) is 0.426. The molecule has 0 aliphatic heterocycles. The fourth-order valence-electron chi connectivity index (χ4n) is 3.04. The molecule has 0 aliphatic carbocycles. The molecule has 4 aromatic rings. The first-order valence-corrected chi connectivity index (χ1v) is 9.52. The second-order valence-corrected chi connectivity index (χ2v) is 6.76. The number of aromatic nitrogens is 6. The summed E-state index contributed by atoms with van der Waals surface area (Å²) in [5.74, 6) is -0.485. The largest absolute Gasteiger partial charge is 0.454 e. The van der Waals surface area contributed by atoms with E-state index in [1.54, 1.807) is 29.8 Å². The Morgan fingerprint density at radius 1 is 1.27 bits per heavy atom. The third-order valence-electron chi connectivity index (χ3n) is 4.64. The molecule has 0 saturated carbocycles. The number of esters is 1. The van der Waals surface area contributed by atoms with E-state index in [9.17, 15) is 9.18 Å². The summed E-state index contributed by atoms with van der Waals surface area (Å²) in [6, 6.07) is 7.37. The molecule has 0 N–H and O–H groups in total. The van der Waals surface area contributed by atoms with Crippen molar-refractivity contribution in [2.24, 2.45) is 0 Å². The number of halogens is 1. The third-order valence-corrected chi connectivity index (χ3v) is 4.64. The Balaban J connectivity index is 1.64. The van der Waals surface area contributed by atoms with Gasteiger partial charge in [-0.1, -0.05) is 18.5 Å². The van der Waals surface area contributed by atoms with E-state index in [0.717, 1.165) is 12.8 Å². The van der Waals surface area contributed by atoms with Crippen LogP contribution in [0.15, 0.2) is 34.9 Å². The zero-order valence-electron chi connectivity index (χ0n) is 16.5. The Morgan fingerprint density at radius 3 is 2.83 bits per heavy atom. The van der Waals surface area contributed by atoms with Crippen LogP contribution >= 0.6 is 0 Å². The summed E-state index contributed by atoms with van der Waals surface area (Å²) in [5.41, 5.74) is 2.05. The normalized spacial score (nSPS) is 11.2. The van der Waals surface area contributed by atoms with Crippen LogP contribution in [0, 0.1) is 12.7 Å². The Bertz CT molecular complexity index is 1190. The van der Waals surface area contributed by atoms with Gasteiger partial charge in [-0.05, 0) is 54.1 Å². The van der Waals surface area contributed by atoms with Crippen LogP contribution in [-0.2, 0) is 17.9 Å². The highest BCUT2D eigenvalue weighted by Gasteiger charge is 2.21. The minimum absolute atomic E-state index is 0.0738. The smallest absolute Gasteiger partial charge is 0.339 e. The van der Waals surface area contributed by atoms with Gasteiger partial charge in [0, 0.05) is 12.1 Å². The predicted octanol–water partition coefficient (Wildman–Crippen LogP) is 3.48. The molecule has 154 valence electrons. The number of fused-ring (bicyclic) bond motifs is 1. The summed E-state index contributed by atoms with van der Waals surface area (Å²) < 4.78 is 25.6. The maximum atomic E-state index is 13.3. The van der Waals surface area contributed by atoms with Crippen LogP contribution in [0.4, 0.5) is 4.39 Å². The van der Waals surface area contributed by atoms with Crippen LogP contribution < -0.4 is 0 Å². The summed E-state index contributed by atoms with van der Waals surface area (Å²) >= 11 is 0. The lowest BCUT2D eigenvalue weighted by Crippen LogP contribution is -2.12. The lowest BCUT2D eigenvalue weighted by Gasteiger charge is -2.08. The summed E-state index contributed by atoms with van der Waals surface area (Å²) in [5, 5.41) is 15.9. The number of tetrazole rings is 1. The molecule has 9 nitrogen and oxygen atoms in total. The second kappa shape index (κ2) is 8.36. The number of carbonyl (C=O) groups excluding carboxylic acids is 1. The first kappa shape index (κ1) is 19.6. The molecule has 30 heavy (non-hydrogen) atoms. The average molecular weight is 410 g/mol. The molecule has 0 fully saturated rings. The van der Waals surface area contributed by atoms with Crippen LogP contribution in [-0.4, -0.2) is 36.3 Å². The number of carbonyl (C=O) groups is 1. The van der Waals surface area contributed by atoms with E-state index < -0.39 is 5.97 Å². The van der Waals surface area contributed by atoms with Crippen molar-refractivity contribution in [1.82, 2.24) is 30.3 Å². The van der Waals surface area contributed by atoms with Crippen molar-refractivity contribution < 1.29 is 18.4 Å². The van der Waals surface area contributed by atoms with Gasteiger partial charge in [-0.2, -0.15) is 0 Å². The number of hydrogen-bond acceptors (Lipinski definition) is 8. The molecule has 4 rings (SSSR count). The Hall–Kier alpha value is -3.69. The molecule has 0 atom stereocenters. The van der Waals surface area contributed by atoms with Crippen molar-refractivity contribution in [3.63, 3.8) is 0 Å². The Morgan fingerprint density at radius 2 is 2.07 bits per heavy atom. The molecule has 1 aromatic carbocycles. The van der Waals surface area contributed by atoms with Crippen LogP contribution in [0.3, 0.4) is 0 Å². The van der Waals surface area contributed by atoms with E-state index >= 15 is 0 Å². The zero-order valence-corrected chi connectivity index (χ0v) is 16.5. The minimum Gasteiger partial charge on any atom is -0.454 e. The number of hydrogen-bond donors (Lipinski definition) is 0. The first-order valence-electron chi connectivity index (χ1n) is 9.52. The summed E-state index contributed by atoms with van der Waals surface area (Å²) in [7, 11) is 0. The van der Waals surface area contributed by atoms with E-state index in [2.05, 4.69) is 32.6 Å². The number of rotatable bonds is 7. The van der Waals surface area contributed by atoms with Gasteiger partial charge in [0.2, 0.25) is 0 Å². The van der Waals surface area contributed by atoms with Gasteiger partial charge in [0.15, 0.2) is 12.4 Å². The van der Waals surface area contributed by atoms with E-state index in [-0.39, 0.29) is 23.7 Å². The number of aryl methyl sites for hydroxylation is 2. The number of pyridine rings is 1. The van der Waals surface area contributed by atoms with Gasteiger partial charge in [0.25, 0.3) is 5.71 Å². The topological polar surface area (TPSA) is 109 Å². The van der Waals surface area contributed by atoms with Crippen LogP contribution in [0.25, 0.3) is 22.4 Å². The predicted molar refractivity (Wildman–Crippen MR) is 104 cm³/mol. The highest BCUT2D eigenvalue weighted by Crippen LogP contribution is 2.28. The molecular weight excluding hydrogens is 391 g/mol. The van der Waals surface area contributed by atoms with Crippen molar-refractivity contribution in [2.75, 3.05) is 0 Å². The average Bonchev–Trinajstić information content (AvgIpc) is 3.36. The Labute approximate surface area is 170 Å². The molecular formula is C20H19FN6O3. The minimum atomic E-state index is -0.581. The SMILES string of the molecule is CCCCn1nnnc1COC(=O)c1cc(-c2ccc(F)cc2)nc2onc(C)c12. The summed E-state index contributed by atoms with van der Waals surface area (Å²) in [6.45, 7) is 4.36. The van der Waals surface area contributed by atoms with Gasteiger partial charge in [-0.15, -0.1) is 5.10 Å². The molecule has 0 bridgehead atoms. The maximum Gasteiger partial charge on any atom is 0.339 e. The Kier molecular flexibility index (Phi) is 5.46. The number of benzene rings is 1. The van der Waals surface area contributed by atoms with E-state index in [1.807, 2.05) is 0 Å². The first-order chi connectivity index (χ1) is 14.6. The molecule has 10 heteroatoms. The van der Waals surface area contributed by atoms with Crippen molar-refractivity contribution in [1.29, 1.82) is 0 Å². The fraction of sp³-hybridized carbons (Fsp3) is 0.300. The van der Waals surface area contributed by atoms with Crippen molar-refractivity contribution in [2.45, 2.75) is 39.8 Å². The van der Waals surface area contributed by atoms with Crippen molar-refractivity contribution >= 4 is 17.1 Å². The van der Waals surface area contributed by atoms with Gasteiger partial charge in [-0.3, -0.25) is 0 Å². The van der Waals surface area contributed by atoms with Crippen molar-refractivity contribution in [3.05, 3.63) is 53.2 Å². The van der Waals surface area contributed by atoms with Crippen molar-refractivity contribution in [3.8, 4) is 11.3 Å². The molecule has 3 heterocycles. The van der Waals surface area contributed by atoms with Gasteiger partial charge >= 0.3 is 5.97 Å². The van der Waals surface area contributed by atoms with E-state index in [4.69, 9.17) is 9.26 Å². The molecule has 0 spiro atoms. The van der Waals surface area contributed by atoms with E-state index in [0.29, 0.717) is 34.7 Å². The number of nitrogens with zero attached hydrogens (tertiary/aromatic N) is 6. The third kappa shape index (κ3) is 3.88. The van der Waals surface area contributed by atoms with Crippen LogP contribution in [0.5, 0.6) is 0 Å². The monoisotopic (exact) mass is 410 g/mol. The zero-order chi connectivity index (χ0) is 21.1. The lowest BCUT2D eigenvalue weighted by molar-refractivity contribution is 0.0458. The maximum absolute atomic E-state index is 13.3. The van der Waals surface area contributed by atoms with Crippen LogP contribution in [0.2, 0.25) is 0 Å². The second-order valence-electron chi connectivity index (χ2n) is 6.76. The molecule has 0 unspecified atom stereocenters. The fourth-order valence-corrected chi connectivity index (χ4v) is 3.04. The van der Waals surface area contributed by atoms with E-state index in [1.165, 1.54) is 12.1 Å². The summed E-state index contributed by atoms with van der Waals surface area (Å²) in [6.07, 6.45) is 1.91. The van der Waals surface area contributed by atoms with Crippen LogP contribution in [0.1, 0.15) is 41.6 Å². The number of unbranched alkanes of at least 4 members (excludes halogenated alkanes) is 1. The van der Waals surface area contributed by atoms with Gasteiger partial charge in [-0.25, -0.2) is 18.9 Å². The molecule has 3 aromatic heterocycles. The molecule has 0 saturated heterocycles. The highest BCUT2D eigenvalue weighted by molar-refractivity contribution is 6.04. The highest BCUT2D eigenvalue weighted by atomic mass is 19.1. The van der Waals surface area contributed by atoms with Gasteiger partial charge in [0.1, 0.15) is 5.82 Å². The molecule has 0 radical (unpaired) electrons. The standard InChI is InChI=1S/C20H19FN6O3/c1-3-4-9-27-17(23-25-26-27)11-29-20(28)15-10-16(13-5-7-14(21)8-6-13)22-19-18(15)12(2)24-30-19/h5-8,10H,3-4,9,11H2,1-2H3. The molecule has 0 aliphatic rings. The van der Waals surface area contributed by atoms with Gasteiger partial charge < -0.3 is 9.26 Å². The summed E-state index contributed by atoms with van der Waals surface area (Å²) in [4.78, 5) is 17.3.